The first-order valence-corrected chi connectivity index (χ1v) is 43.0. The van der Waals surface area contributed by atoms with E-state index >= 15 is 0 Å². The highest BCUT2D eigenvalue weighted by Gasteiger charge is 2.30. The number of carbonyl (C=O) groups excluding carboxylic acids is 4. The van der Waals surface area contributed by atoms with Crippen molar-refractivity contribution < 1.29 is 80.2 Å². The van der Waals surface area contributed by atoms with Crippen LogP contribution in [0.25, 0.3) is 0 Å². The molecule has 0 fully saturated rings. The van der Waals surface area contributed by atoms with Crippen molar-refractivity contribution in [3.8, 4) is 0 Å². The zero-order valence-corrected chi connectivity index (χ0v) is 67.3. The monoisotopic (exact) mass is 1520 g/mol. The van der Waals surface area contributed by atoms with Crippen LogP contribution in [-0.4, -0.2) is 96.7 Å². The molecule has 0 spiro atoms. The second-order valence-corrected chi connectivity index (χ2v) is 28.8. The van der Waals surface area contributed by atoms with Crippen molar-refractivity contribution in [2.45, 2.75) is 303 Å². The lowest BCUT2D eigenvalue weighted by Crippen LogP contribution is -2.30. The van der Waals surface area contributed by atoms with Gasteiger partial charge in [0.15, 0.2) is 12.2 Å². The van der Waals surface area contributed by atoms with E-state index in [1.165, 1.54) is 38.5 Å². The minimum Gasteiger partial charge on any atom is -0.462 e. The first-order valence-electron chi connectivity index (χ1n) is 40.0. The van der Waals surface area contributed by atoms with Crippen molar-refractivity contribution >= 4 is 39.5 Å². The number of allylic oxidation sites excluding steroid dienone is 30. The molecule has 0 aromatic heterocycles. The van der Waals surface area contributed by atoms with Gasteiger partial charge >= 0.3 is 39.5 Å². The minimum absolute atomic E-state index is 0.0310. The Kier molecular flexibility index (Phi) is 73.1. The normalized spacial score (nSPS) is 14.8. The maximum Gasteiger partial charge on any atom is 0.472 e. The Morgan fingerprint density at radius 2 is 0.509 bits per heavy atom. The summed E-state index contributed by atoms with van der Waals surface area (Å²) in [6.45, 7) is 4.35. The van der Waals surface area contributed by atoms with Crippen LogP contribution in [-0.2, 0) is 65.4 Å². The third-order valence-electron chi connectivity index (χ3n) is 15.9. The van der Waals surface area contributed by atoms with Crippen LogP contribution in [0.3, 0.4) is 0 Å². The van der Waals surface area contributed by atoms with Crippen LogP contribution in [0.1, 0.15) is 285 Å². The highest BCUT2D eigenvalue weighted by Crippen LogP contribution is 2.45. The van der Waals surface area contributed by atoms with Gasteiger partial charge in [0.05, 0.1) is 26.4 Å². The Hall–Kier alpha value is -5.84. The van der Waals surface area contributed by atoms with Gasteiger partial charge in [-0.05, 0) is 148 Å². The Morgan fingerprint density at radius 1 is 0.274 bits per heavy atom. The lowest BCUT2D eigenvalue weighted by atomic mass is 10.1. The van der Waals surface area contributed by atoms with Gasteiger partial charge < -0.3 is 33.8 Å². The fraction of sp³-hybridized carbons (Fsp3) is 0.609. The van der Waals surface area contributed by atoms with Crippen LogP contribution in [0.4, 0.5) is 0 Å². The second kappa shape index (κ2) is 77.3. The van der Waals surface area contributed by atoms with Gasteiger partial charge in [0.2, 0.25) is 0 Å². The minimum atomic E-state index is -5.01. The van der Waals surface area contributed by atoms with E-state index in [1.54, 1.807) is 0 Å². The molecular formula is C87H140O17P2. The van der Waals surface area contributed by atoms with Crippen molar-refractivity contribution in [3.05, 3.63) is 182 Å². The SMILES string of the molecule is CC/C=C\C/C=C\C/C=C\C/C=C\C/C=C\C/C=C\CCC(=O)OCC(COP(=O)(O)OCC(O)COP(=O)(O)OCC(COC(=O)CCCCC/C=C\C/C=C\C/C=C\C/C=C\C/C=C\CC)OC(=O)CCCCCC/C=C\C/C=C\C/C=C\C/C=C\CC)OC(=O)CCCCCCCCCCCCC. The van der Waals surface area contributed by atoms with E-state index in [1.807, 2.05) is 18.2 Å². The predicted molar refractivity (Wildman–Crippen MR) is 436 cm³/mol. The third kappa shape index (κ3) is 76.4. The lowest BCUT2D eigenvalue weighted by molar-refractivity contribution is -0.161. The van der Waals surface area contributed by atoms with Gasteiger partial charge in [-0.15, -0.1) is 0 Å². The van der Waals surface area contributed by atoms with Crippen molar-refractivity contribution in [2.75, 3.05) is 39.6 Å². The molecule has 19 heteroatoms. The maximum atomic E-state index is 13.1. The van der Waals surface area contributed by atoms with E-state index in [-0.39, 0.29) is 25.7 Å². The summed E-state index contributed by atoms with van der Waals surface area (Å²) in [6, 6.07) is 0. The Balaban J connectivity index is 5.47. The van der Waals surface area contributed by atoms with Crippen molar-refractivity contribution in [3.63, 3.8) is 0 Å². The smallest absolute Gasteiger partial charge is 0.462 e. The molecule has 600 valence electrons. The number of aliphatic hydroxyl groups excluding tert-OH is 1. The van der Waals surface area contributed by atoms with E-state index in [9.17, 15) is 43.2 Å². The molecule has 0 saturated carbocycles. The summed E-state index contributed by atoms with van der Waals surface area (Å²) in [5.74, 6) is -2.35. The van der Waals surface area contributed by atoms with E-state index < -0.39 is 97.5 Å². The van der Waals surface area contributed by atoms with Crippen molar-refractivity contribution in [1.29, 1.82) is 0 Å². The van der Waals surface area contributed by atoms with E-state index in [4.69, 9.17) is 37.0 Å². The Bertz CT molecular complexity index is 2730. The van der Waals surface area contributed by atoms with Gasteiger partial charge in [-0.2, -0.15) is 0 Å². The van der Waals surface area contributed by atoms with E-state index in [2.05, 4.69) is 192 Å². The van der Waals surface area contributed by atoms with Crippen molar-refractivity contribution in [1.82, 2.24) is 0 Å². The summed E-state index contributed by atoms with van der Waals surface area (Å²) in [5, 5.41) is 10.6. The molecule has 17 nitrogen and oxygen atoms in total. The summed E-state index contributed by atoms with van der Waals surface area (Å²) >= 11 is 0. The Labute approximate surface area is 641 Å². The summed E-state index contributed by atoms with van der Waals surface area (Å²) in [7, 11) is -10.0. The number of phosphoric acid groups is 2. The third-order valence-corrected chi connectivity index (χ3v) is 17.8. The first-order chi connectivity index (χ1) is 51.7. The van der Waals surface area contributed by atoms with Crippen LogP contribution < -0.4 is 0 Å². The number of ether oxygens (including phenoxy) is 4. The molecule has 0 amide bonds. The number of unbranched alkanes of at least 4 members (excludes halogenated alkanes) is 17. The lowest BCUT2D eigenvalue weighted by Gasteiger charge is -2.21. The number of rotatable bonds is 73. The average Bonchev–Trinajstić information content (AvgIpc) is 0.901. The molecule has 0 bridgehead atoms. The fourth-order valence-electron chi connectivity index (χ4n) is 9.91. The number of hydrogen-bond donors (Lipinski definition) is 3. The predicted octanol–water partition coefficient (Wildman–Crippen LogP) is 23.6. The molecule has 0 aliphatic carbocycles. The van der Waals surface area contributed by atoms with Crippen LogP contribution in [0.5, 0.6) is 0 Å². The molecule has 5 unspecified atom stereocenters. The number of esters is 4. The quantitative estimate of drug-likeness (QED) is 0.0169. The molecule has 0 saturated heterocycles. The molecule has 0 aromatic rings. The summed E-state index contributed by atoms with van der Waals surface area (Å²) in [6.07, 6.45) is 93.2. The highest BCUT2D eigenvalue weighted by atomic mass is 31.2. The summed E-state index contributed by atoms with van der Waals surface area (Å²) < 4.78 is 68.5. The standard InChI is InChI=1S/C87H140O17P2/c1-5-9-13-17-21-25-29-32-35-38-40-43-45-48-52-55-59-63-67-71-84(89)97-77-82(103-86(91)73-69-65-61-57-51-28-24-20-16-12-8-4)79-101-105(93,94)99-75-81(88)76-100-106(95,96)102-80-83(104-87(92)74-70-66-62-58-54-50-47-42-37-34-31-27-23-19-15-11-7-3)78-98-85(90)72-68-64-60-56-53-49-46-44-41-39-36-33-30-26-22-18-14-10-6-2/h9-11,13-15,21-23,25-27,32-37,40-41,43-44,47-50,52-53,59,63,81-83,88H,5-8,12,16-20,24,28-31,38-39,42,45-46,51,54-58,60-62,64-80H2,1-4H3,(H,93,94)(H,95,96)/b13-9-,14-10-,15-11-,25-21-,26-22-,27-23-,35-32-,36-33-,37-34-,43-40-,44-41-,50-47-,52-48-,53-49-,63-59-. The van der Waals surface area contributed by atoms with Crippen molar-refractivity contribution in [2.24, 2.45) is 0 Å². The molecule has 0 aliphatic rings. The van der Waals surface area contributed by atoms with Crippen LogP contribution >= 0.6 is 15.6 Å². The number of aliphatic hydroxyl groups is 1. The largest absolute Gasteiger partial charge is 0.472 e. The molecule has 3 N–H and O–H groups in total. The zero-order chi connectivity index (χ0) is 77.4. The topological polar surface area (TPSA) is 237 Å². The second-order valence-electron chi connectivity index (χ2n) is 25.9. The average molecular weight is 1520 g/mol. The van der Waals surface area contributed by atoms with Gasteiger partial charge in [0.25, 0.3) is 0 Å². The number of carbonyl (C=O) groups is 4. The molecule has 0 aliphatic heterocycles. The van der Waals surface area contributed by atoms with Crippen LogP contribution in [0.2, 0.25) is 0 Å². The van der Waals surface area contributed by atoms with E-state index in [0.29, 0.717) is 32.1 Å². The van der Waals surface area contributed by atoms with Gasteiger partial charge in [0, 0.05) is 25.7 Å². The van der Waals surface area contributed by atoms with Gasteiger partial charge in [0.1, 0.15) is 19.3 Å². The molecular weight excluding hydrogens is 1380 g/mol. The fourth-order valence-corrected chi connectivity index (χ4v) is 11.5. The van der Waals surface area contributed by atoms with Crippen LogP contribution in [0, 0.1) is 0 Å². The summed E-state index contributed by atoms with van der Waals surface area (Å²) in [4.78, 5) is 73.0. The maximum absolute atomic E-state index is 13.1. The first kappa shape index (κ1) is 100. The highest BCUT2D eigenvalue weighted by molar-refractivity contribution is 7.47. The van der Waals surface area contributed by atoms with Gasteiger partial charge in [-0.3, -0.25) is 37.3 Å². The molecule has 0 radical (unpaired) electrons. The molecule has 5 atom stereocenters. The van der Waals surface area contributed by atoms with Gasteiger partial charge in [-0.1, -0.05) is 293 Å². The number of phosphoric ester groups is 2. The molecule has 0 rings (SSSR count). The molecule has 0 aromatic carbocycles. The Morgan fingerprint density at radius 3 is 0.821 bits per heavy atom. The zero-order valence-electron chi connectivity index (χ0n) is 65.5. The molecule has 106 heavy (non-hydrogen) atoms. The van der Waals surface area contributed by atoms with E-state index in [0.717, 1.165) is 161 Å². The van der Waals surface area contributed by atoms with Gasteiger partial charge in [-0.25, -0.2) is 9.13 Å². The van der Waals surface area contributed by atoms with Crippen LogP contribution in [0.15, 0.2) is 182 Å². The molecule has 0 heterocycles. The number of hydrogen-bond acceptors (Lipinski definition) is 15. The summed E-state index contributed by atoms with van der Waals surface area (Å²) in [5.41, 5.74) is 0.